The number of β-amino-alcohol motifs (C(OH)–C–C–N with tert-alkyl or cyclic N) is 1. The summed E-state index contributed by atoms with van der Waals surface area (Å²) in [5, 5.41) is 18.6. The third kappa shape index (κ3) is 2.32. The third-order valence-corrected chi connectivity index (χ3v) is 2.28. The van der Waals surface area contributed by atoms with Gasteiger partial charge in [0.05, 0.1) is 20.3 Å². The Morgan fingerprint density at radius 3 is 2.92 bits per heavy atom. The van der Waals surface area contributed by atoms with Gasteiger partial charge in [-0.3, -0.25) is 0 Å². The monoisotopic (exact) mass is 189 g/mol. The molecule has 1 unspecified atom stereocenters. The molecule has 0 saturated carbocycles. The Bertz CT molecular complexity index is 197. The fourth-order valence-corrected chi connectivity index (χ4v) is 1.53. The van der Waals surface area contributed by atoms with Crippen molar-refractivity contribution < 1.29 is 19.7 Å². The summed E-state index contributed by atoms with van der Waals surface area (Å²) >= 11 is 0. The zero-order valence-corrected chi connectivity index (χ0v) is 7.69. The van der Waals surface area contributed by atoms with E-state index < -0.39 is 11.7 Å². The van der Waals surface area contributed by atoms with Crippen LogP contribution in [0.3, 0.4) is 0 Å². The first-order chi connectivity index (χ1) is 6.11. The van der Waals surface area contributed by atoms with E-state index >= 15 is 0 Å². The molecule has 1 heterocycles. The lowest BCUT2D eigenvalue weighted by atomic mass is 9.94. The number of likely N-dealkylation sites (tertiary alicyclic amines) is 1. The highest BCUT2D eigenvalue weighted by molar-refractivity contribution is 5.67. The van der Waals surface area contributed by atoms with Crippen LogP contribution in [0.2, 0.25) is 0 Å². The van der Waals surface area contributed by atoms with Crippen molar-refractivity contribution in [3.8, 4) is 0 Å². The maximum Gasteiger partial charge on any atom is 0.409 e. The summed E-state index contributed by atoms with van der Waals surface area (Å²) in [4.78, 5) is 12.5. The molecule has 5 nitrogen and oxygen atoms in total. The fourth-order valence-electron chi connectivity index (χ4n) is 1.53. The van der Waals surface area contributed by atoms with Gasteiger partial charge in [-0.05, 0) is 12.8 Å². The van der Waals surface area contributed by atoms with E-state index in [2.05, 4.69) is 4.74 Å². The molecule has 1 atom stereocenters. The van der Waals surface area contributed by atoms with Gasteiger partial charge in [-0.15, -0.1) is 0 Å². The average molecular weight is 189 g/mol. The summed E-state index contributed by atoms with van der Waals surface area (Å²) in [6, 6.07) is 0. The molecule has 1 aliphatic heterocycles. The van der Waals surface area contributed by atoms with E-state index in [1.54, 1.807) is 0 Å². The number of hydrogen-bond donors (Lipinski definition) is 2. The fraction of sp³-hybridized carbons (Fsp3) is 0.875. The first-order valence-corrected chi connectivity index (χ1v) is 4.27. The number of nitrogens with zero attached hydrogens (tertiary/aromatic N) is 1. The molecule has 76 valence electrons. The van der Waals surface area contributed by atoms with E-state index in [0.717, 1.165) is 0 Å². The molecule has 0 bridgehead atoms. The van der Waals surface area contributed by atoms with E-state index in [1.807, 2.05) is 0 Å². The highest BCUT2D eigenvalue weighted by atomic mass is 16.5. The SMILES string of the molecule is COC(=O)N1CCCC(O)(CO)C1. The molecule has 0 aliphatic carbocycles. The Morgan fingerprint density at radius 2 is 2.38 bits per heavy atom. The van der Waals surface area contributed by atoms with Gasteiger partial charge in [-0.1, -0.05) is 0 Å². The van der Waals surface area contributed by atoms with Crippen LogP contribution < -0.4 is 0 Å². The molecule has 0 spiro atoms. The zero-order valence-electron chi connectivity index (χ0n) is 7.69. The van der Waals surface area contributed by atoms with Crippen molar-refractivity contribution in [2.75, 3.05) is 26.8 Å². The highest BCUT2D eigenvalue weighted by Gasteiger charge is 2.34. The maximum absolute atomic E-state index is 11.1. The average Bonchev–Trinajstić information content (AvgIpc) is 2.17. The molecule has 1 aliphatic rings. The number of carbonyl (C=O) groups is 1. The van der Waals surface area contributed by atoms with Crippen LogP contribution in [0.5, 0.6) is 0 Å². The molecular formula is C8H15NO4. The quantitative estimate of drug-likeness (QED) is 0.587. The topological polar surface area (TPSA) is 70.0 Å². The number of carbonyl (C=O) groups excluding carboxylic acids is 1. The van der Waals surface area contributed by atoms with E-state index in [9.17, 15) is 9.90 Å². The standard InChI is InChI=1S/C8H15NO4/c1-13-7(11)9-4-2-3-8(12,5-9)6-10/h10,12H,2-6H2,1H3. The van der Waals surface area contributed by atoms with Gasteiger partial charge in [0, 0.05) is 6.54 Å². The smallest absolute Gasteiger partial charge is 0.409 e. The van der Waals surface area contributed by atoms with E-state index in [0.29, 0.717) is 19.4 Å². The Morgan fingerprint density at radius 1 is 1.69 bits per heavy atom. The Labute approximate surface area is 76.9 Å². The van der Waals surface area contributed by atoms with Crippen LogP contribution in [0.15, 0.2) is 0 Å². The van der Waals surface area contributed by atoms with Gasteiger partial charge >= 0.3 is 6.09 Å². The van der Waals surface area contributed by atoms with Crippen molar-refractivity contribution in [3.63, 3.8) is 0 Å². The number of amides is 1. The van der Waals surface area contributed by atoms with Crippen LogP contribution in [0.1, 0.15) is 12.8 Å². The third-order valence-electron chi connectivity index (χ3n) is 2.28. The molecule has 0 aromatic heterocycles. The Kier molecular flexibility index (Phi) is 3.11. The molecule has 2 N–H and O–H groups in total. The number of aliphatic hydroxyl groups is 2. The van der Waals surface area contributed by atoms with Crippen LogP contribution in [0.25, 0.3) is 0 Å². The lowest BCUT2D eigenvalue weighted by Gasteiger charge is -2.37. The Balaban J connectivity index is 2.56. The van der Waals surface area contributed by atoms with Gasteiger partial charge in [-0.25, -0.2) is 4.79 Å². The zero-order chi connectivity index (χ0) is 9.90. The van der Waals surface area contributed by atoms with Gasteiger partial charge in [0.25, 0.3) is 0 Å². The summed E-state index contributed by atoms with van der Waals surface area (Å²) in [5.41, 5.74) is -1.15. The van der Waals surface area contributed by atoms with E-state index in [-0.39, 0.29) is 13.2 Å². The predicted molar refractivity (Wildman–Crippen MR) is 45.2 cm³/mol. The minimum Gasteiger partial charge on any atom is -0.453 e. The second kappa shape index (κ2) is 3.93. The van der Waals surface area contributed by atoms with Gasteiger partial charge in [-0.2, -0.15) is 0 Å². The molecule has 1 amide bonds. The van der Waals surface area contributed by atoms with Crippen molar-refractivity contribution >= 4 is 6.09 Å². The molecule has 0 radical (unpaired) electrons. The van der Waals surface area contributed by atoms with Crippen molar-refractivity contribution in [3.05, 3.63) is 0 Å². The predicted octanol–water partition coefficient (Wildman–Crippen LogP) is -0.428. The lowest BCUT2D eigenvalue weighted by molar-refractivity contribution is -0.0623. The number of rotatable bonds is 1. The summed E-state index contributed by atoms with van der Waals surface area (Å²) in [5.74, 6) is 0. The summed E-state index contributed by atoms with van der Waals surface area (Å²) in [6.07, 6.45) is 0.759. The summed E-state index contributed by atoms with van der Waals surface area (Å²) in [7, 11) is 1.30. The second-order valence-corrected chi connectivity index (χ2v) is 3.38. The lowest BCUT2D eigenvalue weighted by Crippen LogP contribution is -2.52. The molecule has 1 rings (SSSR count). The molecule has 0 aromatic carbocycles. The largest absolute Gasteiger partial charge is 0.453 e. The number of methoxy groups -OCH3 is 1. The van der Waals surface area contributed by atoms with Crippen molar-refractivity contribution in [2.45, 2.75) is 18.4 Å². The normalized spacial score (nSPS) is 28.7. The first kappa shape index (κ1) is 10.3. The summed E-state index contributed by atoms with van der Waals surface area (Å²) < 4.78 is 4.52. The van der Waals surface area contributed by atoms with Crippen LogP contribution >= 0.6 is 0 Å². The van der Waals surface area contributed by atoms with Gasteiger partial charge in [0.2, 0.25) is 0 Å². The summed E-state index contributed by atoms with van der Waals surface area (Å²) in [6.45, 7) is 0.408. The van der Waals surface area contributed by atoms with Crippen molar-refractivity contribution in [1.29, 1.82) is 0 Å². The van der Waals surface area contributed by atoms with E-state index in [1.165, 1.54) is 12.0 Å². The van der Waals surface area contributed by atoms with Crippen LogP contribution in [-0.4, -0.2) is 53.6 Å². The molecule has 13 heavy (non-hydrogen) atoms. The van der Waals surface area contributed by atoms with Gasteiger partial charge in [0.15, 0.2) is 0 Å². The highest BCUT2D eigenvalue weighted by Crippen LogP contribution is 2.20. The van der Waals surface area contributed by atoms with E-state index in [4.69, 9.17) is 5.11 Å². The molecule has 0 aromatic rings. The van der Waals surface area contributed by atoms with Gasteiger partial charge < -0.3 is 19.8 Å². The van der Waals surface area contributed by atoms with Crippen LogP contribution in [-0.2, 0) is 4.74 Å². The number of ether oxygens (including phenoxy) is 1. The minimum atomic E-state index is -1.15. The minimum absolute atomic E-state index is 0.149. The Hall–Kier alpha value is -0.810. The maximum atomic E-state index is 11.1. The molecular weight excluding hydrogens is 174 g/mol. The molecule has 1 saturated heterocycles. The van der Waals surface area contributed by atoms with Crippen molar-refractivity contribution in [2.24, 2.45) is 0 Å². The molecule has 1 fully saturated rings. The van der Waals surface area contributed by atoms with Crippen LogP contribution in [0, 0.1) is 0 Å². The van der Waals surface area contributed by atoms with Crippen molar-refractivity contribution in [1.82, 2.24) is 4.90 Å². The van der Waals surface area contributed by atoms with Gasteiger partial charge in [0.1, 0.15) is 5.60 Å². The number of aliphatic hydroxyl groups excluding tert-OH is 1. The van der Waals surface area contributed by atoms with Crippen LogP contribution in [0.4, 0.5) is 4.79 Å². The number of piperidine rings is 1. The first-order valence-electron chi connectivity index (χ1n) is 4.27. The molecule has 5 heteroatoms. The number of hydrogen-bond acceptors (Lipinski definition) is 4. The second-order valence-electron chi connectivity index (χ2n) is 3.38.